The highest BCUT2D eigenvalue weighted by atomic mass is 32.2. The van der Waals surface area contributed by atoms with Crippen molar-refractivity contribution >= 4 is 27.7 Å². The number of benzene rings is 2. The largest absolute Gasteiger partial charge is 0.489 e. The van der Waals surface area contributed by atoms with Gasteiger partial charge in [-0.2, -0.15) is 13.1 Å². The fourth-order valence-electron chi connectivity index (χ4n) is 3.17. The van der Waals surface area contributed by atoms with Crippen LogP contribution in [-0.2, 0) is 19.6 Å². The zero-order valence-corrected chi connectivity index (χ0v) is 19.6. The number of carbonyl (C=O) groups is 1. The van der Waals surface area contributed by atoms with Gasteiger partial charge in [0.15, 0.2) is 0 Å². The number of nitrogens with zero attached hydrogens (tertiary/aromatic N) is 1. The van der Waals surface area contributed by atoms with Gasteiger partial charge in [-0.15, -0.1) is 0 Å². The Morgan fingerprint density at radius 3 is 2.38 bits per heavy atom. The summed E-state index contributed by atoms with van der Waals surface area (Å²) in [5.41, 5.74) is 0.789. The Hall–Kier alpha value is -3.02. The van der Waals surface area contributed by atoms with Gasteiger partial charge >= 0.3 is 6.61 Å². The van der Waals surface area contributed by atoms with E-state index in [2.05, 4.69) is 10.1 Å². The molecule has 0 bridgehead atoms. The second-order valence-electron chi connectivity index (χ2n) is 7.61. The molecule has 3 rings (SSSR count). The van der Waals surface area contributed by atoms with Crippen molar-refractivity contribution in [3.63, 3.8) is 0 Å². The number of anilines is 1. The number of hydrogen-bond donors (Lipinski definition) is 1. The Balaban J connectivity index is 1.78. The molecule has 1 aliphatic rings. The molecule has 0 saturated carbocycles. The summed E-state index contributed by atoms with van der Waals surface area (Å²) >= 11 is 0. The number of halogens is 2. The van der Waals surface area contributed by atoms with Crippen LogP contribution in [0, 0.1) is 0 Å². The van der Waals surface area contributed by atoms with Crippen LogP contribution >= 0.6 is 0 Å². The lowest BCUT2D eigenvalue weighted by molar-refractivity contribution is -0.111. The van der Waals surface area contributed by atoms with E-state index in [0.717, 1.165) is 0 Å². The Bertz CT molecular complexity index is 1110. The molecular weight excluding hydrogens is 470 g/mol. The van der Waals surface area contributed by atoms with Crippen LogP contribution in [0.5, 0.6) is 11.5 Å². The summed E-state index contributed by atoms with van der Waals surface area (Å²) in [5, 5.41) is 2.66. The van der Waals surface area contributed by atoms with Gasteiger partial charge in [-0.05, 0) is 55.8 Å². The van der Waals surface area contributed by atoms with E-state index < -0.39 is 22.5 Å². The van der Waals surface area contributed by atoms with Crippen LogP contribution in [-0.4, -0.2) is 57.6 Å². The SMILES string of the molecule is CC(C)Oc1ccc(S(=O)(=O)N2CCOCC2)cc1NC(=O)/C=C/c1ccc(OC(F)F)cc1. The smallest absolute Gasteiger partial charge is 0.387 e. The van der Waals surface area contributed by atoms with E-state index >= 15 is 0 Å². The van der Waals surface area contributed by atoms with Crippen molar-refractivity contribution in [1.29, 1.82) is 0 Å². The Morgan fingerprint density at radius 1 is 1.09 bits per heavy atom. The molecule has 0 spiro atoms. The standard InChI is InChI=1S/C23H26F2N2O6S/c1-16(2)32-21-9-8-19(34(29,30)27-11-13-31-14-12-27)15-20(21)26-22(28)10-5-17-3-6-18(7-4-17)33-23(24)25/h3-10,15-16,23H,11-14H2,1-2H3,(H,26,28)/b10-5+. The van der Waals surface area contributed by atoms with Crippen molar-refractivity contribution in [2.24, 2.45) is 0 Å². The van der Waals surface area contributed by atoms with Crippen molar-refractivity contribution in [2.45, 2.75) is 31.5 Å². The van der Waals surface area contributed by atoms with E-state index in [0.29, 0.717) is 24.5 Å². The molecule has 1 aliphatic heterocycles. The van der Waals surface area contributed by atoms with Crippen LogP contribution in [0.4, 0.5) is 14.5 Å². The number of morpholine rings is 1. The van der Waals surface area contributed by atoms with Crippen LogP contribution in [0.15, 0.2) is 53.4 Å². The van der Waals surface area contributed by atoms with Gasteiger partial charge in [0.25, 0.3) is 0 Å². The van der Waals surface area contributed by atoms with Crippen LogP contribution in [0.1, 0.15) is 19.4 Å². The predicted molar refractivity (Wildman–Crippen MR) is 123 cm³/mol. The number of carbonyl (C=O) groups excluding carboxylic acids is 1. The topological polar surface area (TPSA) is 94.2 Å². The Morgan fingerprint density at radius 2 is 1.76 bits per heavy atom. The van der Waals surface area contributed by atoms with E-state index in [9.17, 15) is 22.0 Å². The Labute approximate surface area is 197 Å². The summed E-state index contributed by atoms with van der Waals surface area (Å²) in [6.07, 6.45) is 2.52. The first-order valence-corrected chi connectivity index (χ1v) is 12.0. The van der Waals surface area contributed by atoms with Crippen molar-refractivity contribution in [2.75, 3.05) is 31.6 Å². The van der Waals surface area contributed by atoms with Gasteiger partial charge in [-0.25, -0.2) is 8.42 Å². The molecule has 0 atom stereocenters. The predicted octanol–water partition coefficient (Wildman–Crippen LogP) is 3.75. The molecule has 34 heavy (non-hydrogen) atoms. The summed E-state index contributed by atoms with van der Waals surface area (Å²) in [6, 6.07) is 10.1. The molecule has 1 heterocycles. The maximum Gasteiger partial charge on any atom is 0.387 e. The maximum absolute atomic E-state index is 13.0. The molecule has 0 radical (unpaired) electrons. The van der Waals surface area contributed by atoms with Gasteiger partial charge < -0.3 is 19.5 Å². The number of hydrogen-bond acceptors (Lipinski definition) is 6. The maximum atomic E-state index is 13.0. The lowest BCUT2D eigenvalue weighted by Crippen LogP contribution is -2.40. The second-order valence-corrected chi connectivity index (χ2v) is 9.55. The minimum absolute atomic E-state index is 0.00497. The Kier molecular flexibility index (Phi) is 8.59. The summed E-state index contributed by atoms with van der Waals surface area (Å²) < 4.78 is 67.1. The van der Waals surface area contributed by atoms with Gasteiger partial charge in [-0.3, -0.25) is 4.79 Å². The minimum Gasteiger partial charge on any atom is -0.489 e. The summed E-state index contributed by atoms with van der Waals surface area (Å²) in [7, 11) is -3.77. The van der Waals surface area contributed by atoms with E-state index in [1.54, 1.807) is 0 Å². The molecule has 184 valence electrons. The van der Waals surface area contributed by atoms with Crippen LogP contribution in [0.3, 0.4) is 0 Å². The lowest BCUT2D eigenvalue weighted by atomic mass is 10.2. The van der Waals surface area contributed by atoms with Crippen LogP contribution in [0.2, 0.25) is 0 Å². The minimum atomic E-state index is -3.77. The third-order valence-corrected chi connectivity index (χ3v) is 6.61. The van der Waals surface area contributed by atoms with E-state index in [-0.39, 0.29) is 35.5 Å². The van der Waals surface area contributed by atoms with Crippen LogP contribution < -0.4 is 14.8 Å². The highest BCUT2D eigenvalue weighted by Gasteiger charge is 2.27. The summed E-state index contributed by atoms with van der Waals surface area (Å²) in [5.74, 6) is -0.195. The highest BCUT2D eigenvalue weighted by Crippen LogP contribution is 2.30. The first kappa shape index (κ1) is 25.6. The van der Waals surface area contributed by atoms with E-state index in [4.69, 9.17) is 9.47 Å². The van der Waals surface area contributed by atoms with Gasteiger partial charge in [0.05, 0.1) is 29.9 Å². The molecule has 11 heteroatoms. The summed E-state index contributed by atoms with van der Waals surface area (Å²) in [4.78, 5) is 12.6. The molecule has 0 aliphatic carbocycles. The summed E-state index contributed by atoms with van der Waals surface area (Å²) in [6.45, 7) is 1.83. The molecule has 0 unspecified atom stereocenters. The molecule has 1 amide bonds. The number of rotatable bonds is 9. The number of ether oxygens (including phenoxy) is 3. The normalized spacial score (nSPS) is 15.1. The number of nitrogens with one attached hydrogen (secondary N) is 1. The van der Waals surface area contributed by atoms with Crippen molar-refractivity contribution in [1.82, 2.24) is 4.31 Å². The van der Waals surface area contributed by atoms with Crippen molar-refractivity contribution in [3.05, 3.63) is 54.1 Å². The molecule has 8 nitrogen and oxygen atoms in total. The quantitative estimate of drug-likeness (QED) is 0.532. The zero-order chi connectivity index (χ0) is 24.7. The molecule has 2 aromatic carbocycles. The van der Waals surface area contributed by atoms with Gasteiger partial charge in [0, 0.05) is 19.2 Å². The third kappa shape index (κ3) is 6.99. The fourth-order valence-corrected chi connectivity index (χ4v) is 4.60. The molecule has 1 fully saturated rings. The molecular formula is C23H26F2N2O6S. The number of amides is 1. The fraction of sp³-hybridized carbons (Fsp3) is 0.348. The van der Waals surface area contributed by atoms with E-state index in [1.165, 1.54) is 58.9 Å². The number of sulfonamides is 1. The zero-order valence-electron chi connectivity index (χ0n) is 18.7. The average Bonchev–Trinajstić information content (AvgIpc) is 2.79. The molecule has 2 aromatic rings. The van der Waals surface area contributed by atoms with Crippen LogP contribution in [0.25, 0.3) is 6.08 Å². The lowest BCUT2D eigenvalue weighted by Gasteiger charge is -2.26. The first-order valence-electron chi connectivity index (χ1n) is 10.6. The van der Waals surface area contributed by atoms with Gasteiger partial charge in [-0.1, -0.05) is 12.1 Å². The van der Waals surface area contributed by atoms with Crippen molar-refractivity contribution in [3.8, 4) is 11.5 Å². The molecule has 1 saturated heterocycles. The molecule has 1 N–H and O–H groups in total. The van der Waals surface area contributed by atoms with Gasteiger partial charge in [0.2, 0.25) is 15.9 Å². The number of alkyl halides is 2. The monoisotopic (exact) mass is 496 g/mol. The second kappa shape index (κ2) is 11.4. The highest BCUT2D eigenvalue weighted by molar-refractivity contribution is 7.89. The third-order valence-electron chi connectivity index (χ3n) is 4.71. The average molecular weight is 497 g/mol. The molecule has 0 aromatic heterocycles. The first-order chi connectivity index (χ1) is 16.1. The van der Waals surface area contributed by atoms with Crippen molar-refractivity contribution < 1.29 is 36.2 Å². The van der Waals surface area contributed by atoms with Gasteiger partial charge in [0.1, 0.15) is 11.5 Å². The van der Waals surface area contributed by atoms with E-state index in [1.807, 2.05) is 13.8 Å².